The van der Waals surface area contributed by atoms with E-state index in [-0.39, 0.29) is 5.92 Å². The summed E-state index contributed by atoms with van der Waals surface area (Å²) >= 11 is 0. The van der Waals surface area contributed by atoms with Gasteiger partial charge in [0.05, 0.1) is 28.4 Å². The van der Waals surface area contributed by atoms with Crippen molar-refractivity contribution in [1.82, 2.24) is 5.32 Å². The van der Waals surface area contributed by atoms with Crippen molar-refractivity contribution in [3.63, 3.8) is 0 Å². The maximum absolute atomic E-state index is 5.71. The smallest absolute Gasteiger partial charge is 0.165 e. The maximum atomic E-state index is 5.71. The standard InChI is InChI=1S/C21H25NO4/c1-23-17-7-12-5-6-13-8-19(25-3)21(26-4)16-11-22-10-15(20(13)16)14(12)9-18(17)24-2/h7-9,15,22H,5-6,10-11H2,1-4H3. The van der Waals surface area contributed by atoms with Crippen LogP contribution < -0.4 is 24.3 Å². The first kappa shape index (κ1) is 17.0. The van der Waals surface area contributed by atoms with Gasteiger partial charge in [-0.25, -0.2) is 0 Å². The third-order valence-corrected chi connectivity index (χ3v) is 5.58. The van der Waals surface area contributed by atoms with Crippen molar-refractivity contribution in [3.8, 4) is 23.0 Å². The Hall–Kier alpha value is -2.40. The van der Waals surface area contributed by atoms with Crippen LogP contribution in [0.4, 0.5) is 0 Å². The molecule has 0 spiro atoms. The van der Waals surface area contributed by atoms with Gasteiger partial charge in [-0.05, 0) is 53.3 Å². The number of hydrogen-bond donors (Lipinski definition) is 1. The van der Waals surface area contributed by atoms with Crippen LogP contribution in [0.3, 0.4) is 0 Å². The summed E-state index contributed by atoms with van der Waals surface area (Å²) in [5.41, 5.74) is 6.56. The van der Waals surface area contributed by atoms with E-state index in [9.17, 15) is 0 Å². The van der Waals surface area contributed by atoms with Crippen LogP contribution >= 0.6 is 0 Å². The molecule has 1 heterocycles. The Kier molecular flexibility index (Phi) is 4.41. The molecule has 0 bridgehead atoms. The van der Waals surface area contributed by atoms with Crippen molar-refractivity contribution < 1.29 is 18.9 Å². The Morgan fingerprint density at radius 3 is 2.15 bits per heavy atom. The molecule has 2 aromatic carbocycles. The molecule has 0 saturated heterocycles. The largest absolute Gasteiger partial charge is 0.493 e. The molecule has 0 fully saturated rings. The molecule has 2 aromatic rings. The van der Waals surface area contributed by atoms with Gasteiger partial charge in [0, 0.05) is 24.6 Å². The highest BCUT2D eigenvalue weighted by Crippen LogP contribution is 2.47. The Balaban J connectivity index is 1.95. The third kappa shape index (κ3) is 2.50. The molecule has 0 radical (unpaired) electrons. The minimum atomic E-state index is 0.269. The predicted molar refractivity (Wildman–Crippen MR) is 100 cm³/mol. The van der Waals surface area contributed by atoms with Crippen molar-refractivity contribution in [1.29, 1.82) is 0 Å². The summed E-state index contributed by atoms with van der Waals surface area (Å²) in [6, 6.07) is 6.42. The number of methoxy groups -OCH3 is 4. The van der Waals surface area contributed by atoms with E-state index in [1.165, 1.54) is 27.8 Å². The predicted octanol–water partition coefficient (Wildman–Crippen LogP) is 3.05. The Labute approximate surface area is 154 Å². The van der Waals surface area contributed by atoms with Crippen LogP contribution in [0.1, 0.15) is 33.7 Å². The summed E-state index contributed by atoms with van der Waals surface area (Å²) in [5, 5.41) is 3.56. The number of aryl methyl sites for hydroxylation is 2. The first-order valence-corrected chi connectivity index (χ1v) is 8.93. The molecular weight excluding hydrogens is 330 g/mol. The SMILES string of the molecule is COc1cc2c(cc1OC)C1CNCc3c(OC)c(OC)cc(c31)CC2. The van der Waals surface area contributed by atoms with Gasteiger partial charge in [0.25, 0.3) is 0 Å². The molecule has 2 aliphatic rings. The van der Waals surface area contributed by atoms with Gasteiger partial charge in [0.2, 0.25) is 0 Å². The van der Waals surface area contributed by atoms with E-state index < -0.39 is 0 Å². The van der Waals surface area contributed by atoms with Gasteiger partial charge in [-0.3, -0.25) is 0 Å². The molecule has 0 saturated carbocycles. The molecule has 5 heteroatoms. The van der Waals surface area contributed by atoms with Gasteiger partial charge >= 0.3 is 0 Å². The minimum Gasteiger partial charge on any atom is -0.493 e. The van der Waals surface area contributed by atoms with Gasteiger partial charge in [-0.15, -0.1) is 0 Å². The molecule has 4 rings (SSSR count). The van der Waals surface area contributed by atoms with Crippen molar-refractivity contribution >= 4 is 0 Å². The zero-order valence-corrected chi connectivity index (χ0v) is 15.8. The van der Waals surface area contributed by atoms with E-state index in [2.05, 4.69) is 23.5 Å². The highest BCUT2D eigenvalue weighted by Gasteiger charge is 2.33. The minimum absolute atomic E-state index is 0.269. The first-order valence-electron chi connectivity index (χ1n) is 8.93. The molecular formula is C21H25NO4. The second-order valence-corrected chi connectivity index (χ2v) is 6.75. The van der Waals surface area contributed by atoms with Gasteiger partial charge in [-0.1, -0.05) is 0 Å². The molecule has 1 N–H and O–H groups in total. The Morgan fingerprint density at radius 1 is 0.808 bits per heavy atom. The zero-order chi connectivity index (χ0) is 18.3. The van der Waals surface area contributed by atoms with Gasteiger partial charge in [0.15, 0.2) is 23.0 Å². The fourth-order valence-corrected chi connectivity index (χ4v) is 4.41. The summed E-state index contributed by atoms with van der Waals surface area (Å²) in [6.45, 7) is 1.69. The summed E-state index contributed by atoms with van der Waals surface area (Å²) < 4.78 is 22.4. The van der Waals surface area contributed by atoms with Crippen molar-refractivity contribution in [2.45, 2.75) is 25.3 Å². The van der Waals surface area contributed by atoms with Crippen LogP contribution in [-0.2, 0) is 19.4 Å². The molecule has 26 heavy (non-hydrogen) atoms. The van der Waals surface area contributed by atoms with Crippen molar-refractivity contribution in [2.24, 2.45) is 0 Å². The summed E-state index contributed by atoms with van der Waals surface area (Å²) in [5.74, 6) is 3.49. The third-order valence-electron chi connectivity index (χ3n) is 5.58. The number of nitrogens with one attached hydrogen (secondary N) is 1. The highest BCUT2D eigenvalue weighted by atomic mass is 16.5. The number of hydrogen-bond acceptors (Lipinski definition) is 5. The highest BCUT2D eigenvalue weighted by molar-refractivity contribution is 5.61. The first-order chi connectivity index (χ1) is 12.7. The normalized spacial score (nSPS) is 17.6. The molecule has 1 aliphatic carbocycles. The number of ether oxygens (including phenoxy) is 4. The monoisotopic (exact) mass is 355 g/mol. The maximum Gasteiger partial charge on any atom is 0.165 e. The van der Waals surface area contributed by atoms with E-state index in [1.54, 1.807) is 28.4 Å². The number of fused-ring (bicyclic) bond motifs is 2. The lowest BCUT2D eigenvalue weighted by Gasteiger charge is -2.31. The summed E-state index contributed by atoms with van der Waals surface area (Å²) in [7, 11) is 6.79. The van der Waals surface area contributed by atoms with Crippen LogP contribution in [0.15, 0.2) is 18.2 Å². The van der Waals surface area contributed by atoms with Gasteiger partial charge in [-0.2, -0.15) is 0 Å². The quantitative estimate of drug-likeness (QED) is 0.913. The zero-order valence-electron chi connectivity index (χ0n) is 15.8. The van der Waals surface area contributed by atoms with Crippen LogP contribution in [-0.4, -0.2) is 35.0 Å². The van der Waals surface area contributed by atoms with Crippen molar-refractivity contribution in [3.05, 3.63) is 46.0 Å². The number of rotatable bonds is 4. The van der Waals surface area contributed by atoms with Gasteiger partial charge in [0.1, 0.15) is 0 Å². The van der Waals surface area contributed by atoms with E-state index in [4.69, 9.17) is 18.9 Å². The van der Waals surface area contributed by atoms with Crippen LogP contribution in [0.2, 0.25) is 0 Å². The second kappa shape index (κ2) is 6.72. The molecule has 0 amide bonds. The molecule has 0 aromatic heterocycles. The lowest BCUT2D eigenvalue weighted by atomic mass is 9.82. The molecule has 1 unspecified atom stereocenters. The van der Waals surface area contributed by atoms with E-state index in [0.717, 1.165) is 48.9 Å². The van der Waals surface area contributed by atoms with Crippen LogP contribution in [0.25, 0.3) is 0 Å². The molecule has 1 aliphatic heterocycles. The van der Waals surface area contributed by atoms with E-state index in [1.807, 2.05) is 0 Å². The molecule has 1 atom stereocenters. The lowest BCUT2D eigenvalue weighted by Crippen LogP contribution is -2.30. The average molecular weight is 355 g/mol. The van der Waals surface area contributed by atoms with Crippen LogP contribution in [0, 0.1) is 0 Å². The summed E-state index contributed by atoms with van der Waals surface area (Å²) in [6.07, 6.45) is 1.94. The van der Waals surface area contributed by atoms with Gasteiger partial charge < -0.3 is 24.3 Å². The Morgan fingerprint density at radius 2 is 1.46 bits per heavy atom. The van der Waals surface area contributed by atoms with Crippen LogP contribution in [0.5, 0.6) is 23.0 Å². The topological polar surface area (TPSA) is 49.0 Å². The molecule has 5 nitrogen and oxygen atoms in total. The average Bonchev–Trinajstić information content (AvgIpc) is 2.84. The lowest BCUT2D eigenvalue weighted by molar-refractivity contribution is 0.347. The van der Waals surface area contributed by atoms with E-state index >= 15 is 0 Å². The fourth-order valence-electron chi connectivity index (χ4n) is 4.41. The summed E-state index contributed by atoms with van der Waals surface area (Å²) in [4.78, 5) is 0. The fraction of sp³-hybridized carbons (Fsp3) is 0.429. The second-order valence-electron chi connectivity index (χ2n) is 6.75. The Bertz CT molecular complexity index is 847. The number of benzene rings is 2. The van der Waals surface area contributed by atoms with Crippen molar-refractivity contribution in [2.75, 3.05) is 35.0 Å². The molecule has 138 valence electrons. The van der Waals surface area contributed by atoms with E-state index in [0.29, 0.717) is 0 Å².